The Labute approximate surface area is 164 Å². The summed E-state index contributed by atoms with van der Waals surface area (Å²) in [5.41, 5.74) is 3.66. The van der Waals surface area contributed by atoms with Crippen LogP contribution in [0.15, 0.2) is 24.5 Å². The van der Waals surface area contributed by atoms with Crippen LogP contribution in [0.4, 0.5) is 0 Å². The maximum Gasteiger partial charge on any atom is 0.138 e. The number of aromatic nitrogens is 1. The van der Waals surface area contributed by atoms with Crippen molar-refractivity contribution >= 4 is 5.57 Å². The second-order valence-electron chi connectivity index (χ2n) is 9.87. The molecule has 1 N–H and O–H groups in total. The molecule has 0 amide bonds. The second kappa shape index (κ2) is 6.34. The van der Waals surface area contributed by atoms with Crippen molar-refractivity contribution in [2.45, 2.75) is 65.3 Å². The molecule has 5 rings (SSSR count). The molecular weight excluding hydrogens is 332 g/mol. The van der Waals surface area contributed by atoms with Crippen LogP contribution in [0.25, 0.3) is 5.57 Å². The van der Waals surface area contributed by atoms with Crippen LogP contribution in [-0.4, -0.2) is 24.2 Å². The SMILES string of the molecule is CCOc1cncc(C2=CCC3C4CCC5NCCC5(C)C4CCC23C)c1. The highest BCUT2D eigenvalue weighted by Gasteiger charge is 2.58. The molecule has 1 aromatic rings. The fourth-order valence-corrected chi connectivity index (χ4v) is 7.49. The van der Waals surface area contributed by atoms with Crippen LogP contribution in [0, 0.1) is 28.6 Å². The van der Waals surface area contributed by atoms with Gasteiger partial charge in [0.25, 0.3) is 0 Å². The minimum Gasteiger partial charge on any atom is -0.492 e. The lowest BCUT2D eigenvalue weighted by Gasteiger charge is -2.57. The lowest BCUT2D eigenvalue weighted by Crippen LogP contribution is -2.53. The Morgan fingerprint density at radius 3 is 2.89 bits per heavy atom. The highest BCUT2D eigenvalue weighted by molar-refractivity contribution is 5.73. The minimum absolute atomic E-state index is 0.308. The average Bonchev–Trinajstić information content (AvgIpc) is 3.21. The van der Waals surface area contributed by atoms with E-state index in [-0.39, 0.29) is 0 Å². The predicted molar refractivity (Wildman–Crippen MR) is 110 cm³/mol. The van der Waals surface area contributed by atoms with Gasteiger partial charge in [0.15, 0.2) is 0 Å². The Balaban J connectivity index is 1.44. The highest BCUT2D eigenvalue weighted by Crippen LogP contribution is 2.65. The van der Waals surface area contributed by atoms with Crippen molar-refractivity contribution in [3.63, 3.8) is 0 Å². The third-order valence-electron chi connectivity index (χ3n) is 8.84. The fraction of sp³-hybridized carbons (Fsp3) is 0.708. The average molecular weight is 367 g/mol. The lowest BCUT2D eigenvalue weighted by molar-refractivity contribution is -0.0472. The number of allylic oxidation sites excluding steroid dienone is 2. The molecule has 2 heterocycles. The Morgan fingerprint density at radius 1 is 1.15 bits per heavy atom. The number of fused-ring (bicyclic) bond motifs is 5. The van der Waals surface area contributed by atoms with Crippen LogP contribution in [0.1, 0.15) is 64.9 Å². The van der Waals surface area contributed by atoms with Gasteiger partial charge in [-0.2, -0.15) is 0 Å². The van der Waals surface area contributed by atoms with E-state index in [4.69, 9.17) is 4.74 Å². The van der Waals surface area contributed by atoms with Gasteiger partial charge >= 0.3 is 0 Å². The third-order valence-corrected chi connectivity index (χ3v) is 8.84. The molecule has 4 aliphatic rings. The van der Waals surface area contributed by atoms with Crippen LogP contribution in [0.3, 0.4) is 0 Å². The molecule has 1 saturated heterocycles. The predicted octanol–water partition coefficient (Wildman–Crippen LogP) is 5.08. The molecule has 27 heavy (non-hydrogen) atoms. The van der Waals surface area contributed by atoms with E-state index in [0.29, 0.717) is 17.4 Å². The molecule has 3 heteroatoms. The van der Waals surface area contributed by atoms with Crippen LogP contribution < -0.4 is 10.1 Å². The first kappa shape index (κ1) is 17.7. The number of nitrogens with zero attached hydrogens (tertiary/aromatic N) is 1. The Kier molecular flexibility index (Phi) is 4.16. The first-order valence-electron chi connectivity index (χ1n) is 11.1. The van der Waals surface area contributed by atoms with E-state index in [1.54, 1.807) is 0 Å². The zero-order valence-corrected chi connectivity index (χ0v) is 17.1. The number of pyridine rings is 1. The normalized spacial score (nSPS) is 42.9. The zero-order valence-electron chi connectivity index (χ0n) is 17.1. The summed E-state index contributed by atoms with van der Waals surface area (Å²) in [7, 11) is 0. The lowest BCUT2D eigenvalue weighted by atomic mass is 9.48. The van der Waals surface area contributed by atoms with Crippen LogP contribution in [0.5, 0.6) is 5.75 Å². The first-order valence-corrected chi connectivity index (χ1v) is 11.1. The summed E-state index contributed by atoms with van der Waals surface area (Å²) in [6.07, 6.45) is 14.6. The summed E-state index contributed by atoms with van der Waals surface area (Å²) in [4.78, 5) is 4.48. The Bertz CT molecular complexity index is 759. The fourth-order valence-electron chi connectivity index (χ4n) is 7.49. The third kappa shape index (κ3) is 2.53. The van der Waals surface area contributed by atoms with Crippen molar-refractivity contribution in [3.8, 4) is 5.75 Å². The smallest absolute Gasteiger partial charge is 0.138 e. The van der Waals surface area contributed by atoms with Crippen molar-refractivity contribution in [1.82, 2.24) is 10.3 Å². The van der Waals surface area contributed by atoms with E-state index in [0.717, 1.165) is 29.5 Å². The molecule has 0 aromatic carbocycles. The van der Waals surface area contributed by atoms with Crippen molar-refractivity contribution < 1.29 is 4.74 Å². The van der Waals surface area contributed by atoms with Gasteiger partial charge in [-0.3, -0.25) is 4.98 Å². The molecule has 2 saturated carbocycles. The Morgan fingerprint density at radius 2 is 2.04 bits per heavy atom. The van der Waals surface area contributed by atoms with Crippen LogP contribution in [-0.2, 0) is 0 Å². The van der Waals surface area contributed by atoms with Gasteiger partial charge in [-0.25, -0.2) is 0 Å². The van der Waals surface area contributed by atoms with Gasteiger partial charge in [0.05, 0.1) is 12.8 Å². The van der Waals surface area contributed by atoms with Crippen molar-refractivity contribution in [3.05, 3.63) is 30.1 Å². The second-order valence-corrected chi connectivity index (χ2v) is 9.87. The van der Waals surface area contributed by atoms with Gasteiger partial charge in [0, 0.05) is 12.2 Å². The monoisotopic (exact) mass is 366 g/mol. The van der Waals surface area contributed by atoms with Gasteiger partial charge in [-0.15, -0.1) is 0 Å². The van der Waals surface area contributed by atoms with Crippen molar-refractivity contribution in [2.75, 3.05) is 13.2 Å². The topological polar surface area (TPSA) is 34.1 Å². The Hall–Kier alpha value is -1.35. The van der Waals surface area contributed by atoms with E-state index in [1.165, 1.54) is 56.2 Å². The van der Waals surface area contributed by atoms with Gasteiger partial charge in [-0.1, -0.05) is 19.9 Å². The molecule has 0 radical (unpaired) electrons. The summed E-state index contributed by atoms with van der Waals surface area (Å²) < 4.78 is 5.72. The largest absolute Gasteiger partial charge is 0.492 e. The van der Waals surface area contributed by atoms with Gasteiger partial charge < -0.3 is 10.1 Å². The maximum absolute atomic E-state index is 5.72. The molecule has 1 aliphatic heterocycles. The number of ether oxygens (including phenoxy) is 1. The molecule has 146 valence electrons. The molecule has 3 aliphatic carbocycles. The van der Waals surface area contributed by atoms with E-state index in [9.17, 15) is 0 Å². The molecule has 1 aromatic heterocycles. The number of rotatable bonds is 3. The first-order chi connectivity index (χ1) is 13.1. The molecule has 3 fully saturated rings. The summed E-state index contributed by atoms with van der Waals surface area (Å²) in [5.74, 6) is 3.51. The van der Waals surface area contributed by atoms with Gasteiger partial charge in [0.1, 0.15) is 5.75 Å². The maximum atomic E-state index is 5.72. The van der Waals surface area contributed by atoms with E-state index in [1.807, 2.05) is 19.3 Å². The standard InChI is InChI=1S/C24H34N2O/c1-4-27-17-13-16(14-25-15-17)19-6-7-20-18-5-8-22-24(3,11-12-26-22)21(18)9-10-23(19,20)2/h6,13-15,18,20-22,26H,4-5,7-12H2,1-3H3. The quantitative estimate of drug-likeness (QED) is 0.810. The van der Waals surface area contributed by atoms with Crippen LogP contribution in [0.2, 0.25) is 0 Å². The number of hydrogen-bond donors (Lipinski definition) is 1. The van der Waals surface area contributed by atoms with Crippen LogP contribution >= 0.6 is 0 Å². The molecule has 0 spiro atoms. The summed E-state index contributed by atoms with van der Waals surface area (Å²) >= 11 is 0. The number of hydrogen-bond acceptors (Lipinski definition) is 3. The van der Waals surface area contributed by atoms with Crippen molar-refractivity contribution in [2.24, 2.45) is 28.6 Å². The van der Waals surface area contributed by atoms with Crippen molar-refractivity contribution in [1.29, 1.82) is 0 Å². The van der Waals surface area contributed by atoms with E-state index >= 15 is 0 Å². The zero-order chi connectivity index (χ0) is 18.6. The molecule has 6 atom stereocenters. The summed E-state index contributed by atoms with van der Waals surface area (Å²) in [6, 6.07) is 2.98. The summed E-state index contributed by atoms with van der Waals surface area (Å²) in [5, 5.41) is 3.82. The van der Waals surface area contributed by atoms with Gasteiger partial charge in [0.2, 0.25) is 0 Å². The molecule has 6 unspecified atom stereocenters. The minimum atomic E-state index is 0.308. The molecule has 3 nitrogen and oxygen atoms in total. The van der Waals surface area contributed by atoms with E-state index in [2.05, 4.69) is 36.3 Å². The number of nitrogens with one attached hydrogen (secondary N) is 1. The molecule has 0 bridgehead atoms. The highest BCUT2D eigenvalue weighted by atomic mass is 16.5. The van der Waals surface area contributed by atoms with E-state index < -0.39 is 0 Å². The van der Waals surface area contributed by atoms with Gasteiger partial charge in [-0.05, 0) is 97.8 Å². The summed E-state index contributed by atoms with van der Waals surface area (Å²) in [6.45, 7) is 9.10. The molecular formula is C24H34N2O.